The van der Waals surface area contributed by atoms with Gasteiger partial charge in [-0.25, -0.2) is 0 Å². The van der Waals surface area contributed by atoms with Gasteiger partial charge in [-0.2, -0.15) is 5.10 Å². The van der Waals surface area contributed by atoms with E-state index in [0.29, 0.717) is 11.6 Å². The molecule has 0 radical (unpaired) electrons. The topological polar surface area (TPSA) is 80.1 Å². The zero-order valence-electron chi connectivity index (χ0n) is 17.5. The summed E-state index contributed by atoms with van der Waals surface area (Å²) >= 11 is 0. The van der Waals surface area contributed by atoms with Crippen LogP contribution in [0.5, 0.6) is 5.75 Å². The summed E-state index contributed by atoms with van der Waals surface area (Å²) in [5, 5.41) is 26.7. The van der Waals surface area contributed by atoms with Crippen LogP contribution < -0.4 is 0 Å². The molecule has 2 fully saturated rings. The molecule has 2 aromatic rings. The van der Waals surface area contributed by atoms with Gasteiger partial charge in [-0.1, -0.05) is 18.6 Å². The van der Waals surface area contributed by atoms with Gasteiger partial charge in [0.2, 0.25) is 0 Å². The number of aromatic hydroxyl groups is 1. The monoisotopic (exact) mass is 404 g/mol. The molecule has 0 unspecified atom stereocenters. The minimum atomic E-state index is 0.204. The second kappa shape index (κ2) is 7.72. The van der Waals surface area contributed by atoms with Crippen molar-refractivity contribution in [2.75, 3.05) is 26.7 Å². The minimum absolute atomic E-state index is 0.204. The van der Waals surface area contributed by atoms with E-state index >= 15 is 0 Å². The highest BCUT2D eigenvalue weighted by Crippen LogP contribution is 2.32. The number of allylic oxidation sites excluding steroid dienone is 1. The van der Waals surface area contributed by atoms with Crippen LogP contribution in [0, 0.1) is 5.92 Å². The molecule has 3 aliphatic rings. The van der Waals surface area contributed by atoms with Gasteiger partial charge in [-0.15, -0.1) is 10.2 Å². The van der Waals surface area contributed by atoms with Crippen LogP contribution in [-0.4, -0.2) is 69.4 Å². The van der Waals surface area contributed by atoms with Gasteiger partial charge in [0.15, 0.2) is 0 Å². The molecule has 7 nitrogen and oxygen atoms in total. The van der Waals surface area contributed by atoms with Crippen molar-refractivity contribution in [3.8, 4) is 16.9 Å². The number of benzene rings is 1. The summed E-state index contributed by atoms with van der Waals surface area (Å²) in [6.07, 6.45) is 8.67. The van der Waals surface area contributed by atoms with Crippen LogP contribution in [-0.2, 0) is 0 Å². The number of phenols is 1. The Labute approximate surface area is 176 Å². The molecule has 5 rings (SSSR count). The molecule has 0 bridgehead atoms. The van der Waals surface area contributed by atoms with E-state index in [4.69, 9.17) is 0 Å². The zero-order valence-corrected chi connectivity index (χ0v) is 17.5. The Morgan fingerprint density at radius 1 is 1.20 bits per heavy atom. The summed E-state index contributed by atoms with van der Waals surface area (Å²) in [5.41, 5.74) is 4.56. The fourth-order valence-electron chi connectivity index (χ4n) is 4.88. The van der Waals surface area contributed by atoms with Crippen molar-refractivity contribution in [3.05, 3.63) is 47.8 Å². The number of aromatic amines is 1. The molecule has 0 amide bonds. The number of rotatable bonds is 3. The summed E-state index contributed by atoms with van der Waals surface area (Å²) in [4.78, 5) is 4.90. The Hall–Kier alpha value is -2.93. The maximum absolute atomic E-state index is 10.7. The molecule has 7 heteroatoms. The summed E-state index contributed by atoms with van der Waals surface area (Å²) in [6.45, 7) is 5.47. The third kappa shape index (κ3) is 3.43. The SMILES string of the molecule is CCC1=CC(c2ccc(-c3cn[nH]c3)cc2O)=NN=C(N2C[C@H]3CCN(C)[C@H]3C2)C1. The van der Waals surface area contributed by atoms with Crippen molar-refractivity contribution in [2.24, 2.45) is 16.1 Å². The van der Waals surface area contributed by atoms with E-state index in [1.54, 1.807) is 12.3 Å². The largest absolute Gasteiger partial charge is 0.507 e. The number of hydrogen-bond acceptors (Lipinski definition) is 6. The molecule has 0 aliphatic carbocycles. The summed E-state index contributed by atoms with van der Waals surface area (Å²) < 4.78 is 0. The number of likely N-dealkylation sites (N-methyl/N-ethyl adjacent to an activating group) is 1. The Morgan fingerprint density at radius 2 is 2.10 bits per heavy atom. The van der Waals surface area contributed by atoms with E-state index < -0.39 is 0 Å². The van der Waals surface area contributed by atoms with Crippen LogP contribution >= 0.6 is 0 Å². The predicted molar refractivity (Wildman–Crippen MR) is 119 cm³/mol. The lowest BCUT2D eigenvalue weighted by molar-refractivity contribution is 0.295. The number of amidine groups is 1. The van der Waals surface area contributed by atoms with E-state index in [1.165, 1.54) is 18.5 Å². The van der Waals surface area contributed by atoms with Crippen LogP contribution in [0.1, 0.15) is 31.7 Å². The van der Waals surface area contributed by atoms with Gasteiger partial charge in [0.05, 0.1) is 11.9 Å². The molecular formula is C23H28N6O. The van der Waals surface area contributed by atoms with E-state index in [-0.39, 0.29) is 5.75 Å². The molecule has 2 N–H and O–H groups in total. The minimum Gasteiger partial charge on any atom is -0.507 e. The molecule has 1 aromatic carbocycles. The van der Waals surface area contributed by atoms with Crippen molar-refractivity contribution < 1.29 is 5.11 Å². The number of likely N-dealkylation sites (tertiary alicyclic amines) is 2. The molecule has 156 valence electrons. The maximum Gasteiger partial charge on any atom is 0.131 e. The first-order valence-electron chi connectivity index (χ1n) is 10.7. The van der Waals surface area contributed by atoms with E-state index in [1.807, 2.05) is 18.3 Å². The lowest BCUT2D eigenvalue weighted by Gasteiger charge is -2.23. The van der Waals surface area contributed by atoms with Gasteiger partial charge in [-0.3, -0.25) is 5.10 Å². The standard InChI is InChI=1S/C23H28N6O/c1-3-15-8-20(19-5-4-16(10-22(19)30)18-11-24-25-12-18)26-27-23(9-15)29-13-17-6-7-28(2)21(17)14-29/h4-5,8,10-12,17,21,30H,3,6-7,9,13-14H2,1-2H3,(H,24,25)/t17-,21+/m1/s1. The van der Waals surface area contributed by atoms with E-state index in [0.717, 1.165) is 54.5 Å². The van der Waals surface area contributed by atoms with Crippen LogP contribution in [0.2, 0.25) is 0 Å². The number of aromatic nitrogens is 2. The highest BCUT2D eigenvalue weighted by Gasteiger charge is 2.40. The molecule has 30 heavy (non-hydrogen) atoms. The number of H-pyrrole nitrogens is 1. The van der Waals surface area contributed by atoms with Crippen LogP contribution in [0.4, 0.5) is 0 Å². The quantitative estimate of drug-likeness (QED) is 0.823. The van der Waals surface area contributed by atoms with Crippen molar-refractivity contribution in [1.82, 2.24) is 20.0 Å². The zero-order chi connectivity index (χ0) is 20.7. The first-order chi connectivity index (χ1) is 14.6. The molecule has 4 heterocycles. The Kier molecular flexibility index (Phi) is 4.90. The Balaban J connectivity index is 1.44. The normalized spacial score (nSPS) is 24.3. The van der Waals surface area contributed by atoms with Crippen molar-refractivity contribution >= 4 is 11.5 Å². The average Bonchev–Trinajstić information content (AvgIpc) is 3.46. The lowest BCUT2D eigenvalue weighted by atomic mass is 10.00. The first kappa shape index (κ1) is 19.1. The number of hydrogen-bond donors (Lipinski definition) is 2. The van der Waals surface area contributed by atoms with Crippen LogP contribution in [0.25, 0.3) is 11.1 Å². The van der Waals surface area contributed by atoms with Crippen molar-refractivity contribution in [3.63, 3.8) is 0 Å². The number of fused-ring (bicyclic) bond motifs is 1. The van der Waals surface area contributed by atoms with Gasteiger partial charge in [0.25, 0.3) is 0 Å². The number of nitrogens with one attached hydrogen (secondary N) is 1. The fourth-order valence-corrected chi connectivity index (χ4v) is 4.88. The lowest BCUT2D eigenvalue weighted by Crippen LogP contribution is -2.35. The van der Waals surface area contributed by atoms with Gasteiger partial charge in [0, 0.05) is 42.9 Å². The molecule has 0 spiro atoms. The third-order valence-electron chi connectivity index (χ3n) is 6.75. The number of nitrogens with zero attached hydrogens (tertiary/aromatic N) is 5. The molecule has 3 aliphatic heterocycles. The molecule has 2 atom stereocenters. The predicted octanol–water partition coefficient (Wildman–Crippen LogP) is 3.26. The highest BCUT2D eigenvalue weighted by molar-refractivity contribution is 6.12. The summed E-state index contributed by atoms with van der Waals surface area (Å²) in [7, 11) is 2.23. The molecule has 0 saturated carbocycles. The van der Waals surface area contributed by atoms with Crippen LogP contribution in [0.3, 0.4) is 0 Å². The van der Waals surface area contributed by atoms with Gasteiger partial charge in [0.1, 0.15) is 11.6 Å². The molecular weight excluding hydrogens is 376 g/mol. The second-order valence-corrected chi connectivity index (χ2v) is 8.55. The number of phenolic OH excluding ortho intramolecular Hbond substituents is 1. The maximum atomic E-state index is 10.7. The van der Waals surface area contributed by atoms with Gasteiger partial charge in [-0.05, 0) is 56.1 Å². The highest BCUT2D eigenvalue weighted by atomic mass is 16.3. The summed E-state index contributed by atoms with van der Waals surface area (Å²) in [6, 6.07) is 6.29. The smallest absolute Gasteiger partial charge is 0.131 e. The fraction of sp³-hybridized carbons (Fsp3) is 0.435. The molecule has 2 saturated heterocycles. The van der Waals surface area contributed by atoms with E-state index in [9.17, 15) is 5.11 Å². The average molecular weight is 405 g/mol. The third-order valence-corrected chi connectivity index (χ3v) is 6.75. The molecule has 1 aromatic heterocycles. The second-order valence-electron chi connectivity index (χ2n) is 8.55. The Morgan fingerprint density at radius 3 is 2.83 bits per heavy atom. The first-order valence-corrected chi connectivity index (χ1v) is 10.7. The summed E-state index contributed by atoms with van der Waals surface area (Å²) in [5.74, 6) is 1.99. The van der Waals surface area contributed by atoms with Crippen molar-refractivity contribution in [1.29, 1.82) is 0 Å². The van der Waals surface area contributed by atoms with Crippen molar-refractivity contribution in [2.45, 2.75) is 32.2 Å². The van der Waals surface area contributed by atoms with Gasteiger partial charge >= 0.3 is 0 Å². The van der Waals surface area contributed by atoms with E-state index in [2.05, 4.69) is 50.2 Å². The Bertz CT molecular complexity index is 1020. The van der Waals surface area contributed by atoms with Gasteiger partial charge < -0.3 is 14.9 Å². The van der Waals surface area contributed by atoms with Crippen LogP contribution in [0.15, 0.2) is 52.4 Å².